The molecule has 0 aliphatic carbocycles. The Morgan fingerprint density at radius 3 is 1.88 bits per heavy atom. The van der Waals surface area contributed by atoms with Crippen molar-refractivity contribution in [1.29, 1.82) is 0 Å². The minimum Gasteiger partial charge on any atom is -0.338 e. The predicted molar refractivity (Wildman–Crippen MR) is 111 cm³/mol. The largest absolute Gasteiger partial charge is 0.338 e. The number of nitrogens with zero attached hydrogens (tertiary/aromatic N) is 3. The van der Waals surface area contributed by atoms with Crippen LogP contribution in [0.15, 0.2) is 30.3 Å². The molecule has 0 aliphatic heterocycles. The lowest BCUT2D eigenvalue weighted by Gasteiger charge is -2.39. The fourth-order valence-corrected chi connectivity index (χ4v) is 3.34. The van der Waals surface area contributed by atoms with E-state index in [-0.39, 0.29) is 5.91 Å². The van der Waals surface area contributed by atoms with Crippen LogP contribution in [0, 0.1) is 0 Å². The Balaban J connectivity index is 2.86. The van der Waals surface area contributed by atoms with Crippen molar-refractivity contribution in [3.05, 3.63) is 35.9 Å². The molecule has 1 atom stereocenters. The Labute approximate surface area is 161 Å². The topological polar surface area (TPSA) is 20.3 Å². The van der Waals surface area contributed by atoms with E-state index in [1.165, 1.54) is 5.56 Å². The summed E-state index contributed by atoms with van der Waals surface area (Å²) in [6.07, 6.45) is 1.02. The molecule has 1 aromatic rings. The standard InChI is InChI=1S/C22H41N3O/c1-7-23(8-2)22(26)20-25(6,19-18-24(5,9-3)10-4)17-16-21-14-12-11-13-15-21/h11-15H,7-10,16-20H2,1-6H3/q+2/t25-/m1/s1. The maximum Gasteiger partial charge on any atom is 0.277 e. The number of hydrogen-bond acceptors (Lipinski definition) is 1. The summed E-state index contributed by atoms with van der Waals surface area (Å²) in [6.45, 7) is 16.3. The van der Waals surface area contributed by atoms with E-state index in [0.29, 0.717) is 6.54 Å². The second-order valence-electron chi connectivity index (χ2n) is 8.00. The quantitative estimate of drug-likeness (QED) is 0.523. The third-order valence-corrected chi connectivity index (χ3v) is 6.12. The van der Waals surface area contributed by atoms with Crippen LogP contribution in [0.4, 0.5) is 0 Å². The van der Waals surface area contributed by atoms with E-state index < -0.39 is 0 Å². The highest BCUT2D eigenvalue weighted by Crippen LogP contribution is 2.12. The van der Waals surface area contributed by atoms with Crippen molar-refractivity contribution >= 4 is 5.91 Å². The van der Waals surface area contributed by atoms with E-state index in [1.807, 2.05) is 4.90 Å². The second kappa shape index (κ2) is 10.7. The first-order valence-electron chi connectivity index (χ1n) is 10.3. The predicted octanol–water partition coefficient (Wildman–Crippen LogP) is 3.03. The molecule has 148 valence electrons. The number of quaternary nitrogens is 2. The van der Waals surface area contributed by atoms with Crippen LogP contribution in [0.2, 0.25) is 0 Å². The van der Waals surface area contributed by atoms with Crippen LogP contribution in [0.3, 0.4) is 0 Å². The van der Waals surface area contributed by atoms with Crippen molar-refractivity contribution < 1.29 is 13.8 Å². The molecule has 0 aromatic heterocycles. The molecule has 0 fully saturated rings. The summed E-state index contributed by atoms with van der Waals surface area (Å²) in [5, 5.41) is 0. The van der Waals surface area contributed by atoms with Crippen LogP contribution < -0.4 is 0 Å². The number of likely N-dealkylation sites (N-methyl/N-ethyl adjacent to an activating group) is 3. The molecule has 4 heteroatoms. The van der Waals surface area contributed by atoms with Crippen molar-refractivity contribution in [2.24, 2.45) is 0 Å². The summed E-state index contributed by atoms with van der Waals surface area (Å²) in [5.41, 5.74) is 1.36. The molecule has 1 amide bonds. The first-order valence-corrected chi connectivity index (χ1v) is 10.3. The van der Waals surface area contributed by atoms with Gasteiger partial charge in [-0.2, -0.15) is 0 Å². The van der Waals surface area contributed by atoms with Gasteiger partial charge in [-0.3, -0.25) is 4.79 Å². The van der Waals surface area contributed by atoms with Crippen LogP contribution >= 0.6 is 0 Å². The van der Waals surface area contributed by atoms with Gasteiger partial charge in [-0.05, 0) is 33.3 Å². The lowest BCUT2D eigenvalue weighted by atomic mass is 10.1. The van der Waals surface area contributed by atoms with Crippen LogP contribution in [0.1, 0.15) is 33.3 Å². The summed E-state index contributed by atoms with van der Waals surface area (Å²) in [6, 6.07) is 10.6. The van der Waals surface area contributed by atoms with Crippen LogP contribution in [0.25, 0.3) is 0 Å². The molecule has 0 aliphatic rings. The van der Waals surface area contributed by atoms with Gasteiger partial charge in [-0.25, -0.2) is 0 Å². The van der Waals surface area contributed by atoms with Gasteiger partial charge < -0.3 is 13.9 Å². The minimum atomic E-state index is 0.285. The second-order valence-corrected chi connectivity index (χ2v) is 8.00. The van der Waals surface area contributed by atoms with E-state index in [4.69, 9.17) is 0 Å². The van der Waals surface area contributed by atoms with Gasteiger partial charge >= 0.3 is 0 Å². The normalized spacial score (nSPS) is 14.1. The zero-order chi connectivity index (χ0) is 19.6. The van der Waals surface area contributed by atoms with Gasteiger partial charge in [0.1, 0.15) is 13.1 Å². The Morgan fingerprint density at radius 2 is 1.38 bits per heavy atom. The van der Waals surface area contributed by atoms with Crippen LogP contribution in [-0.4, -0.2) is 86.2 Å². The zero-order valence-electron chi connectivity index (χ0n) is 18.0. The SMILES string of the molecule is CCN(CC)C(=O)C[N@+](C)(CCc1ccccc1)CC[N+](C)(CC)CC. The zero-order valence-corrected chi connectivity index (χ0v) is 18.0. The van der Waals surface area contributed by atoms with Gasteiger partial charge in [0.25, 0.3) is 5.91 Å². The summed E-state index contributed by atoms with van der Waals surface area (Å²) in [5.74, 6) is 0.285. The average Bonchev–Trinajstić information content (AvgIpc) is 2.66. The van der Waals surface area contributed by atoms with E-state index in [1.54, 1.807) is 0 Å². The van der Waals surface area contributed by atoms with Crippen LogP contribution in [-0.2, 0) is 11.2 Å². The molecule has 0 bridgehead atoms. The molecule has 26 heavy (non-hydrogen) atoms. The van der Waals surface area contributed by atoms with Crippen molar-refractivity contribution in [1.82, 2.24) is 4.90 Å². The molecule has 0 saturated carbocycles. The Morgan fingerprint density at radius 1 is 0.846 bits per heavy atom. The monoisotopic (exact) mass is 363 g/mol. The minimum absolute atomic E-state index is 0.285. The van der Waals surface area contributed by atoms with Gasteiger partial charge in [0, 0.05) is 19.5 Å². The molecule has 4 nitrogen and oxygen atoms in total. The lowest BCUT2D eigenvalue weighted by Crippen LogP contribution is -2.58. The van der Waals surface area contributed by atoms with Crippen molar-refractivity contribution in [3.63, 3.8) is 0 Å². The Bertz CT molecular complexity index is 523. The smallest absolute Gasteiger partial charge is 0.277 e. The summed E-state index contributed by atoms with van der Waals surface area (Å²) >= 11 is 0. The maximum absolute atomic E-state index is 12.8. The molecule has 0 N–H and O–H groups in total. The highest BCUT2D eigenvalue weighted by atomic mass is 16.2. The van der Waals surface area contributed by atoms with Crippen LogP contribution in [0.5, 0.6) is 0 Å². The number of hydrogen-bond donors (Lipinski definition) is 0. The van der Waals surface area contributed by atoms with Gasteiger partial charge in [0.05, 0.1) is 33.7 Å². The summed E-state index contributed by atoms with van der Waals surface area (Å²) in [7, 11) is 4.59. The first kappa shape index (κ1) is 22.7. The van der Waals surface area contributed by atoms with Crippen molar-refractivity contribution in [2.45, 2.75) is 34.1 Å². The summed E-state index contributed by atoms with van der Waals surface area (Å²) < 4.78 is 1.89. The third kappa shape index (κ3) is 7.08. The molecule has 1 rings (SSSR count). The third-order valence-electron chi connectivity index (χ3n) is 6.12. The molecule has 0 saturated heterocycles. The fourth-order valence-electron chi connectivity index (χ4n) is 3.34. The lowest BCUT2D eigenvalue weighted by molar-refractivity contribution is -0.958. The number of rotatable bonds is 12. The number of amides is 1. The Hall–Kier alpha value is -1.39. The highest BCUT2D eigenvalue weighted by Gasteiger charge is 2.30. The highest BCUT2D eigenvalue weighted by molar-refractivity contribution is 5.77. The number of benzene rings is 1. The van der Waals surface area contributed by atoms with Gasteiger partial charge in [-0.1, -0.05) is 30.3 Å². The molecule has 0 spiro atoms. The van der Waals surface area contributed by atoms with E-state index in [0.717, 1.165) is 61.2 Å². The van der Waals surface area contributed by atoms with E-state index in [9.17, 15) is 4.79 Å². The molecule has 0 radical (unpaired) electrons. The molecular formula is C22H41N3O+2. The van der Waals surface area contributed by atoms with Crippen molar-refractivity contribution in [2.75, 3.05) is 66.5 Å². The Kier molecular flexibility index (Phi) is 9.31. The first-order chi connectivity index (χ1) is 12.3. The molecule has 0 unspecified atom stereocenters. The molecule has 1 aromatic carbocycles. The average molecular weight is 364 g/mol. The maximum atomic E-state index is 12.8. The fraction of sp³-hybridized carbons (Fsp3) is 0.682. The van der Waals surface area contributed by atoms with Gasteiger partial charge in [-0.15, -0.1) is 0 Å². The summed E-state index contributed by atoms with van der Waals surface area (Å²) in [4.78, 5) is 14.8. The molecular weight excluding hydrogens is 322 g/mol. The van der Waals surface area contributed by atoms with Gasteiger partial charge in [0.15, 0.2) is 6.54 Å². The number of carbonyl (C=O) groups excluding carboxylic acids is 1. The van der Waals surface area contributed by atoms with Crippen molar-refractivity contribution in [3.8, 4) is 0 Å². The van der Waals surface area contributed by atoms with E-state index >= 15 is 0 Å². The number of carbonyl (C=O) groups is 1. The van der Waals surface area contributed by atoms with Gasteiger partial charge in [0.2, 0.25) is 0 Å². The van der Waals surface area contributed by atoms with E-state index in [2.05, 4.69) is 72.1 Å². The molecule has 0 heterocycles.